The summed E-state index contributed by atoms with van der Waals surface area (Å²) in [6, 6.07) is 7.55. The maximum atomic E-state index is 9.76. The van der Waals surface area contributed by atoms with Crippen LogP contribution in [0.4, 0.5) is 0 Å². The zero-order valence-corrected chi connectivity index (χ0v) is 15.4. The van der Waals surface area contributed by atoms with E-state index in [1.54, 1.807) is 12.1 Å². The fourth-order valence-corrected chi connectivity index (χ4v) is 4.24. The van der Waals surface area contributed by atoms with Gasteiger partial charge in [0.1, 0.15) is 5.75 Å². The van der Waals surface area contributed by atoms with Gasteiger partial charge in [-0.1, -0.05) is 36.6 Å². The number of benzene rings is 1. The molecular weight excluding hydrogens is 332 g/mol. The molecule has 0 aliphatic heterocycles. The molecule has 0 heterocycles. The third-order valence-corrected chi connectivity index (χ3v) is 5.62. The first-order chi connectivity index (χ1) is 12.2. The van der Waals surface area contributed by atoms with E-state index in [9.17, 15) is 10.2 Å². The van der Waals surface area contributed by atoms with Crippen molar-refractivity contribution in [2.45, 2.75) is 51.4 Å². The van der Waals surface area contributed by atoms with Gasteiger partial charge >= 0.3 is 0 Å². The van der Waals surface area contributed by atoms with Crippen LogP contribution >= 0.6 is 11.6 Å². The first-order valence-electron chi connectivity index (χ1n) is 9.36. The second-order valence-corrected chi connectivity index (χ2v) is 7.45. The number of rotatable bonds is 6. The number of hydrogen-bond acceptors (Lipinski definition) is 2. The highest BCUT2D eigenvalue weighted by Gasteiger charge is 2.25. The summed E-state index contributed by atoms with van der Waals surface area (Å²) < 4.78 is 0. The van der Waals surface area contributed by atoms with Crippen LogP contribution in [0.25, 0.3) is 5.57 Å². The van der Waals surface area contributed by atoms with Crippen LogP contribution < -0.4 is 0 Å². The molecule has 1 aromatic rings. The molecule has 0 saturated heterocycles. The van der Waals surface area contributed by atoms with Crippen LogP contribution in [0.15, 0.2) is 53.3 Å². The summed E-state index contributed by atoms with van der Waals surface area (Å²) >= 11 is 6.02. The van der Waals surface area contributed by atoms with E-state index in [1.165, 1.54) is 42.4 Å². The maximum absolute atomic E-state index is 9.76. The number of halogens is 1. The molecule has 2 aliphatic carbocycles. The summed E-state index contributed by atoms with van der Waals surface area (Å²) in [4.78, 5) is 0. The SMILES string of the molecule is OC1=CC=C(/C(=C(/CCCCl)C2CCCC2)c2ccc(O)cc2)CC1. The van der Waals surface area contributed by atoms with E-state index in [2.05, 4.69) is 6.08 Å². The van der Waals surface area contributed by atoms with Crippen LogP contribution in [0, 0.1) is 5.92 Å². The number of phenolic OH excluding ortho intramolecular Hbond substituents is 1. The van der Waals surface area contributed by atoms with E-state index in [1.807, 2.05) is 18.2 Å². The highest BCUT2D eigenvalue weighted by atomic mass is 35.5. The monoisotopic (exact) mass is 358 g/mol. The van der Waals surface area contributed by atoms with Crippen molar-refractivity contribution >= 4 is 17.2 Å². The zero-order valence-electron chi connectivity index (χ0n) is 14.7. The average molecular weight is 359 g/mol. The van der Waals surface area contributed by atoms with Crippen molar-refractivity contribution in [2.24, 2.45) is 5.92 Å². The molecule has 3 rings (SSSR count). The Balaban J connectivity index is 2.10. The summed E-state index contributed by atoms with van der Waals surface area (Å²) in [6.07, 6.45) is 12.6. The van der Waals surface area contributed by atoms with Crippen LogP contribution in [-0.4, -0.2) is 16.1 Å². The lowest BCUT2D eigenvalue weighted by Gasteiger charge is -2.24. The van der Waals surface area contributed by atoms with Gasteiger partial charge in [0.2, 0.25) is 0 Å². The van der Waals surface area contributed by atoms with Crippen molar-refractivity contribution in [1.82, 2.24) is 0 Å². The Morgan fingerprint density at radius 3 is 2.32 bits per heavy atom. The minimum Gasteiger partial charge on any atom is -0.512 e. The summed E-state index contributed by atoms with van der Waals surface area (Å²) in [6.45, 7) is 0. The minimum absolute atomic E-state index is 0.293. The minimum atomic E-state index is 0.293. The summed E-state index contributed by atoms with van der Waals surface area (Å²) in [5.74, 6) is 2.06. The Morgan fingerprint density at radius 2 is 1.72 bits per heavy atom. The molecule has 0 bridgehead atoms. The molecular formula is C22H27ClO2. The molecule has 1 aromatic carbocycles. The standard InChI is InChI=1S/C22H27ClO2/c23-15-3-6-21(16-4-1-2-5-16)22(17-7-11-19(24)12-8-17)18-9-13-20(25)14-10-18/h7-9,11-13,16,24-25H,1-6,10,14-15H2/b22-21-. The largest absolute Gasteiger partial charge is 0.512 e. The van der Waals surface area contributed by atoms with Crippen molar-refractivity contribution in [2.75, 3.05) is 5.88 Å². The van der Waals surface area contributed by atoms with Crippen molar-refractivity contribution in [3.8, 4) is 5.75 Å². The Hall–Kier alpha value is -1.67. The number of hydrogen-bond donors (Lipinski definition) is 2. The van der Waals surface area contributed by atoms with Gasteiger partial charge in [0.15, 0.2) is 0 Å². The predicted molar refractivity (Wildman–Crippen MR) is 105 cm³/mol. The van der Waals surface area contributed by atoms with Gasteiger partial charge in [0.25, 0.3) is 0 Å². The lowest BCUT2D eigenvalue weighted by Crippen LogP contribution is -2.07. The average Bonchev–Trinajstić information content (AvgIpc) is 3.15. The Morgan fingerprint density at radius 1 is 1.00 bits per heavy atom. The van der Waals surface area contributed by atoms with Gasteiger partial charge in [-0.25, -0.2) is 0 Å². The van der Waals surface area contributed by atoms with Gasteiger partial charge in [0, 0.05) is 12.3 Å². The normalized spacial score (nSPS) is 19.4. The molecule has 0 aromatic heterocycles. The molecule has 0 amide bonds. The third-order valence-electron chi connectivity index (χ3n) is 5.35. The lowest BCUT2D eigenvalue weighted by atomic mass is 9.81. The van der Waals surface area contributed by atoms with Crippen molar-refractivity contribution < 1.29 is 10.2 Å². The Labute approximate surface area is 155 Å². The molecule has 0 spiro atoms. The first kappa shape index (κ1) is 18.1. The second kappa shape index (κ2) is 8.62. The van der Waals surface area contributed by atoms with Crippen LogP contribution in [0.2, 0.25) is 0 Å². The van der Waals surface area contributed by atoms with Crippen molar-refractivity contribution in [1.29, 1.82) is 0 Å². The summed E-state index contributed by atoms with van der Waals surface area (Å²) in [5.41, 5.74) is 5.29. The molecule has 134 valence electrons. The van der Waals surface area contributed by atoms with Gasteiger partial charge in [-0.3, -0.25) is 0 Å². The van der Waals surface area contributed by atoms with Gasteiger partial charge in [-0.05, 0) is 72.9 Å². The van der Waals surface area contributed by atoms with Crippen molar-refractivity contribution in [3.63, 3.8) is 0 Å². The van der Waals surface area contributed by atoms with Gasteiger partial charge < -0.3 is 10.2 Å². The van der Waals surface area contributed by atoms with E-state index in [-0.39, 0.29) is 0 Å². The van der Waals surface area contributed by atoms with E-state index < -0.39 is 0 Å². The van der Waals surface area contributed by atoms with Crippen molar-refractivity contribution in [3.05, 3.63) is 58.9 Å². The summed E-state index contributed by atoms with van der Waals surface area (Å²) in [7, 11) is 0. The Kier molecular flexibility index (Phi) is 6.25. The van der Waals surface area contributed by atoms with Crippen LogP contribution in [0.5, 0.6) is 5.75 Å². The molecule has 1 saturated carbocycles. The molecule has 0 atom stereocenters. The molecule has 1 fully saturated rings. The van der Waals surface area contributed by atoms with Gasteiger partial charge in [-0.15, -0.1) is 11.6 Å². The topological polar surface area (TPSA) is 40.5 Å². The van der Waals surface area contributed by atoms with E-state index >= 15 is 0 Å². The predicted octanol–water partition coefficient (Wildman–Crippen LogP) is 6.52. The fraction of sp³-hybridized carbons (Fsp3) is 0.455. The summed E-state index contributed by atoms with van der Waals surface area (Å²) in [5, 5.41) is 19.4. The number of alkyl halides is 1. The van der Waals surface area contributed by atoms with Crippen LogP contribution in [0.1, 0.15) is 56.9 Å². The number of aliphatic hydroxyl groups excluding tert-OH is 1. The molecule has 0 radical (unpaired) electrons. The number of aromatic hydroxyl groups is 1. The Bertz CT molecular complexity index is 676. The molecule has 25 heavy (non-hydrogen) atoms. The highest BCUT2D eigenvalue weighted by molar-refractivity contribution is 6.17. The zero-order chi connectivity index (χ0) is 17.6. The molecule has 2 N–H and O–H groups in total. The van der Waals surface area contributed by atoms with Crippen LogP contribution in [-0.2, 0) is 0 Å². The maximum Gasteiger partial charge on any atom is 0.115 e. The molecule has 0 unspecified atom stereocenters. The van der Waals surface area contributed by atoms with E-state index in [0.717, 1.165) is 24.8 Å². The second-order valence-electron chi connectivity index (χ2n) is 7.07. The smallest absolute Gasteiger partial charge is 0.115 e. The first-order valence-corrected chi connectivity index (χ1v) is 9.90. The number of aliphatic hydroxyl groups is 1. The van der Waals surface area contributed by atoms with Gasteiger partial charge in [0.05, 0.1) is 5.76 Å². The highest BCUT2D eigenvalue weighted by Crippen LogP contribution is 2.42. The molecule has 2 aliphatic rings. The lowest BCUT2D eigenvalue weighted by molar-refractivity contribution is 0.386. The quantitative estimate of drug-likeness (QED) is 0.568. The van der Waals surface area contributed by atoms with E-state index in [4.69, 9.17) is 11.6 Å². The number of phenols is 1. The number of allylic oxidation sites excluding steroid dienone is 6. The van der Waals surface area contributed by atoms with E-state index in [0.29, 0.717) is 29.7 Å². The molecule has 3 heteroatoms. The molecule has 2 nitrogen and oxygen atoms in total. The van der Waals surface area contributed by atoms with Gasteiger partial charge in [-0.2, -0.15) is 0 Å². The van der Waals surface area contributed by atoms with Crippen LogP contribution in [0.3, 0.4) is 0 Å². The fourth-order valence-electron chi connectivity index (χ4n) is 4.10. The third kappa shape index (κ3) is 4.49.